The number of halogens is 2. The molecule has 8 heteroatoms. The first-order chi connectivity index (χ1) is 13.0. The fraction of sp³-hybridized carbons (Fsp3) is 0.550. The van der Waals surface area contributed by atoms with Crippen LogP contribution in [0.2, 0.25) is 0 Å². The predicted octanol–water partition coefficient (Wildman–Crippen LogP) is 2.96. The molecule has 1 amide bonds. The molecule has 0 radical (unpaired) electrons. The molecule has 3 heterocycles. The third-order valence-corrected chi connectivity index (χ3v) is 6.41. The molecule has 2 saturated heterocycles. The van der Waals surface area contributed by atoms with Crippen LogP contribution >= 0.6 is 0 Å². The van der Waals surface area contributed by atoms with Crippen molar-refractivity contribution in [1.29, 1.82) is 0 Å². The molecule has 1 aromatic carbocycles. The van der Waals surface area contributed by atoms with Gasteiger partial charge in [0, 0.05) is 18.0 Å². The lowest BCUT2D eigenvalue weighted by Gasteiger charge is -2.38. The van der Waals surface area contributed by atoms with Crippen LogP contribution in [0.15, 0.2) is 24.3 Å². The number of hydrogen-bond acceptors (Lipinski definition) is 3. The van der Waals surface area contributed by atoms with Crippen molar-refractivity contribution < 1.29 is 22.9 Å². The van der Waals surface area contributed by atoms with Crippen molar-refractivity contribution in [3.8, 4) is 0 Å². The summed E-state index contributed by atoms with van der Waals surface area (Å²) < 4.78 is 40.4. The molecule has 2 aromatic rings. The Balaban J connectivity index is 1.64. The van der Waals surface area contributed by atoms with Crippen LogP contribution in [-0.2, 0) is 16.4 Å². The molecule has 150 valence electrons. The van der Waals surface area contributed by atoms with Gasteiger partial charge in [-0.05, 0) is 44.8 Å². The maximum absolute atomic E-state index is 13.1. The minimum Gasteiger partial charge on any atom is -0.399 e. The number of carbonyl (C=O) groups is 1. The molecular weight excluding hydrogens is 365 g/mol. The van der Waals surface area contributed by atoms with Crippen molar-refractivity contribution in [2.75, 3.05) is 13.1 Å². The van der Waals surface area contributed by atoms with Crippen LogP contribution in [0.1, 0.15) is 44.6 Å². The number of fused-ring (bicyclic) bond motifs is 1. The lowest BCUT2D eigenvalue weighted by atomic mass is 9.79. The lowest BCUT2D eigenvalue weighted by molar-refractivity contribution is -0.113. The number of alkyl halides is 2. The zero-order chi connectivity index (χ0) is 20.5. The van der Waals surface area contributed by atoms with E-state index in [0.29, 0.717) is 5.69 Å². The van der Waals surface area contributed by atoms with Crippen LogP contribution in [0.4, 0.5) is 8.78 Å². The van der Waals surface area contributed by atoms with Crippen LogP contribution < -0.4 is 5.46 Å². The quantitative estimate of drug-likeness (QED) is 0.757. The van der Waals surface area contributed by atoms with E-state index in [4.69, 9.17) is 9.31 Å². The standard InChI is InChI=1S/C20H25BF2N2O3/c1-6-19(4)18(2,3)27-21(28-19)14-8-7-13-9-16(24(5)15(13)10-14)17(26)25-11-20(22,23)12-25/h7-10H,6,11-12H2,1-5H3. The van der Waals surface area contributed by atoms with Gasteiger partial charge >= 0.3 is 7.12 Å². The summed E-state index contributed by atoms with van der Waals surface area (Å²) in [5.41, 5.74) is 1.27. The van der Waals surface area contributed by atoms with E-state index in [2.05, 4.69) is 6.92 Å². The zero-order valence-corrected chi connectivity index (χ0v) is 16.9. The maximum atomic E-state index is 13.1. The van der Waals surface area contributed by atoms with E-state index in [0.717, 1.165) is 22.8 Å². The number of carbonyl (C=O) groups excluding carboxylic acids is 1. The molecule has 5 nitrogen and oxygen atoms in total. The molecule has 1 unspecified atom stereocenters. The third kappa shape index (κ3) is 2.85. The molecule has 0 saturated carbocycles. The first-order valence-corrected chi connectivity index (χ1v) is 9.58. The first kappa shape index (κ1) is 19.4. The zero-order valence-electron chi connectivity index (χ0n) is 16.9. The number of rotatable bonds is 3. The fourth-order valence-corrected chi connectivity index (χ4v) is 3.96. The van der Waals surface area contributed by atoms with Crippen LogP contribution in [0.25, 0.3) is 10.9 Å². The van der Waals surface area contributed by atoms with E-state index in [1.165, 1.54) is 4.90 Å². The Morgan fingerprint density at radius 1 is 1.18 bits per heavy atom. The minimum atomic E-state index is -2.77. The Bertz CT molecular complexity index is 950. The molecular formula is C20H25BF2N2O3. The van der Waals surface area contributed by atoms with Gasteiger partial charge in [-0.3, -0.25) is 4.79 Å². The molecule has 2 fully saturated rings. The highest BCUT2D eigenvalue weighted by molar-refractivity contribution is 6.62. The first-order valence-electron chi connectivity index (χ1n) is 9.58. The second kappa shape index (κ2) is 6.03. The topological polar surface area (TPSA) is 43.7 Å². The maximum Gasteiger partial charge on any atom is 0.494 e. The highest BCUT2D eigenvalue weighted by atomic mass is 19.3. The van der Waals surface area contributed by atoms with Crippen molar-refractivity contribution in [2.45, 2.75) is 51.2 Å². The number of aromatic nitrogens is 1. The van der Waals surface area contributed by atoms with Crippen LogP contribution in [0.3, 0.4) is 0 Å². The van der Waals surface area contributed by atoms with Crippen molar-refractivity contribution in [1.82, 2.24) is 9.47 Å². The number of hydrogen-bond donors (Lipinski definition) is 0. The largest absolute Gasteiger partial charge is 0.494 e. The van der Waals surface area contributed by atoms with Crippen LogP contribution in [0, 0.1) is 0 Å². The lowest BCUT2D eigenvalue weighted by Crippen LogP contribution is -2.58. The summed E-state index contributed by atoms with van der Waals surface area (Å²) in [7, 11) is 1.28. The van der Waals surface area contributed by atoms with Crippen molar-refractivity contribution in [3.63, 3.8) is 0 Å². The average molecular weight is 390 g/mol. The van der Waals surface area contributed by atoms with Crippen LogP contribution in [-0.4, -0.2) is 52.7 Å². The minimum absolute atomic E-state index is 0.376. The van der Waals surface area contributed by atoms with E-state index in [9.17, 15) is 13.6 Å². The molecule has 2 aliphatic rings. The Labute approximate surface area is 163 Å². The number of benzene rings is 1. The van der Waals surface area contributed by atoms with Crippen molar-refractivity contribution >= 4 is 29.4 Å². The number of nitrogens with zero attached hydrogens (tertiary/aromatic N) is 2. The van der Waals surface area contributed by atoms with E-state index >= 15 is 0 Å². The van der Waals surface area contributed by atoms with Gasteiger partial charge in [-0.1, -0.05) is 19.1 Å². The van der Waals surface area contributed by atoms with Gasteiger partial charge in [-0.25, -0.2) is 8.78 Å². The molecule has 1 aromatic heterocycles. The second-order valence-electron chi connectivity index (χ2n) is 8.59. The van der Waals surface area contributed by atoms with Gasteiger partial charge in [-0.15, -0.1) is 0 Å². The Morgan fingerprint density at radius 2 is 1.86 bits per heavy atom. The SMILES string of the molecule is CCC1(C)OB(c2ccc3cc(C(=O)N4CC(F)(F)C4)n(C)c3c2)OC1(C)C. The highest BCUT2D eigenvalue weighted by Gasteiger charge is 2.53. The normalized spacial score (nSPS) is 26.0. The summed E-state index contributed by atoms with van der Waals surface area (Å²) in [6.07, 6.45) is 0.821. The highest BCUT2D eigenvalue weighted by Crippen LogP contribution is 2.39. The average Bonchev–Trinajstić information content (AvgIpc) is 3.06. The molecule has 0 aliphatic carbocycles. The molecule has 0 bridgehead atoms. The molecule has 2 aliphatic heterocycles. The van der Waals surface area contributed by atoms with Gasteiger partial charge in [0.05, 0.1) is 24.3 Å². The Kier molecular flexibility index (Phi) is 4.18. The molecule has 0 spiro atoms. The molecule has 4 rings (SSSR count). The van der Waals surface area contributed by atoms with Gasteiger partial charge in [0.1, 0.15) is 5.69 Å². The fourth-order valence-electron chi connectivity index (χ4n) is 3.96. The molecule has 0 N–H and O–H groups in total. The monoisotopic (exact) mass is 390 g/mol. The van der Waals surface area contributed by atoms with E-state index in [1.54, 1.807) is 17.7 Å². The summed E-state index contributed by atoms with van der Waals surface area (Å²) in [5.74, 6) is -3.15. The second-order valence-corrected chi connectivity index (χ2v) is 8.59. The molecule has 1 atom stereocenters. The van der Waals surface area contributed by atoms with Crippen molar-refractivity contribution in [3.05, 3.63) is 30.0 Å². The summed E-state index contributed by atoms with van der Waals surface area (Å²) in [6.45, 7) is 7.13. The number of aryl methyl sites for hydroxylation is 1. The van der Waals surface area contributed by atoms with Gasteiger partial charge in [0.15, 0.2) is 0 Å². The molecule has 28 heavy (non-hydrogen) atoms. The number of amides is 1. The van der Waals surface area contributed by atoms with Gasteiger partial charge in [0.25, 0.3) is 11.8 Å². The van der Waals surface area contributed by atoms with Crippen LogP contribution in [0.5, 0.6) is 0 Å². The van der Waals surface area contributed by atoms with E-state index < -0.39 is 37.3 Å². The van der Waals surface area contributed by atoms with Gasteiger partial charge in [-0.2, -0.15) is 0 Å². The Morgan fingerprint density at radius 3 is 2.43 bits per heavy atom. The van der Waals surface area contributed by atoms with E-state index in [1.807, 2.05) is 39.0 Å². The van der Waals surface area contributed by atoms with E-state index in [-0.39, 0.29) is 5.91 Å². The summed E-state index contributed by atoms with van der Waals surface area (Å²) in [4.78, 5) is 13.8. The summed E-state index contributed by atoms with van der Waals surface area (Å²) in [6, 6.07) is 7.53. The summed E-state index contributed by atoms with van der Waals surface area (Å²) in [5, 5.41) is 0.873. The predicted molar refractivity (Wildman–Crippen MR) is 104 cm³/mol. The van der Waals surface area contributed by atoms with Gasteiger partial charge in [0.2, 0.25) is 0 Å². The number of likely N-dealkylation sites (tertiary alicyclic amines) is 1. The van der Waals surface area contributed by atoms with Gasteiger partial charge < -0.3 is 18.8 Å². The smallest absolute Gasteiger partial charge is 0.399 e. The summed E-state index contributed by atoms with van der Waals surface area (Å²) >= 11 is 0. The Hall–Kier alpha value is -1.93. The third-order valence-electron chi connectivity index (χ3n) is 6.41. The van der Waals surface area contributed by atoms with Crippen molar-refractivity contribution in [2.24, 2.45) is 7.05 Å².